The summed E-state index contributed by atoms with van der Waals surface area (Å²) in [5.74, 6) is -2.28. The first kappa shape index (κ1) is 21.4. The van der Waals surface area contributed by atoms with Gasteiger partial charge in [0.25, 0.3) is 0 Å². The topological polar surface area (TPSA) is 287 Å². The average Bonchev–Trinajstić information content (AvgIpc) is 3.16. The number of rotatable bonds is 7. The van der Waals surface area contributed by atoms with E-state index in [4.69, 9.17) is 27.9 Å². The van der Waals surface area contributed by atoms with E-state index in [1.54, 1.807) is 0 Å². The maximum absolute atomic E-state index is 12.9. The Morgan fingerprint density at radius 1 is 0.828 bits per heavy atom. The normalized spacial score (nSPS) is 35.2. The van der Waals surface area contributed by atoms with Crippen molar-refractivity contribution in [1.29, 1.82) is 0 Å². The lowest BCUT2D eigenvalue weighted by molar-refractivity contribution is -0.148. The molecule has 17 heteroatoms. The third-order valence-corrected chi connectivity index (χ3v) is 5.16. The third-order valence-electron chi connectivity index (χ3n) is 5.16. The van der Waals surface area contributed by atoms with E-state index in [1.807, 2.05) is 0 Å². The van der Waals surface area contributed by atoms with Gasteiger partial charge >= 0.3 is 5.97 Å². The molecule has 0 heterocycles. The van der Waals surface area contributed by atoms with Gasteiger partial charge in [-0.15, -0.1) is 0 Å². The minimum absolute atomic E-state index is 0.165. The smallest absolute Gasteiger partial charge is 0.329 e. The van der Waals surface area contributed by atoms with Crippen LogP contribution in [0.5, 0.6) is 0 Å². The van der Waals surface area contributed by atoms with Crippen molar-refractivity contribution in [2.45, 2.75) is 60.9 Å². The van der Waals surface area contributed by atoms with Gasteiger partial charge in [0.05, 0.1) is 5.54 Å². The van der Waals surface area contributed by atoms with Crippen LogP contribution in [-0.2, 0) is 9.59 Å². The molecule has 0 spiro atoms. The van der Waals surface area contributed by atoms with E-state index in [-0.39, 0.29) is 25.7 Å². The first-order valence-corrected chi connectivity index (χ1v) is 8.27. The Bertz CT molecular complexity index is 840. The highest BCUT2D eigenvalue weighted by Gasteiger charge is 2.55. The van der Waals surface area contributed by atoms with Gasteiger partial charge in [0.15, 0.2) is 0 Å². The number of hydrogen-bond acceptors (Lipinski definition) is 7. The number of aliphatic carboxylic acids is 1. The predicted octanol–water partition coefficient (Wildman–Crippen LogP) is 1.93. The Balaban J connectivity index is 2.31. The van der Waals surface area contributed by atoms with E-state index in [2.05, 4.69) is 45.4 Å². The van der Waals surface area contributed by atoms with E-state index in [0.29, 0.717) is 0 Å². The summed E-state index contributed by atoms with van der Waals surface area (Å²) in [5, 5.41) is 26.0. The number of hydrogen-bond donors (Lipinski definition) is 3. The van der Waals surface area contributed by atoms with Crippen molar-refractivity contribution in [1.82, 2.24) is 5.32 Å². The van der Waals surface area contributed by atoms with Crippen molar-refractivity contribution >= 4 is 11.9 Å². The van der Waals surface area contributed by atoms with Crippen molar-refractivity contribution < 1.29 is 14.7 Å². The molecule has 0 aliphatic heterocycles. The maximum Gasteiger partial charge on any atom is 0.329 e. The van der Waals surface area contributed by atoms with Gasteiger partial charge in [-0.2, -0.15) is 0 Å². The second-order valence-electron chi connectivity index (χ2n) is 6.90. The fourth-order valence-corrected chi connectivity index (χ4v) is 3.77. The molecule has 0 aromatic rings. The van der Waals surface area contributed by atoms with Crippen molar-refractivity contribution in [3.8, 4) is 0 Å². The molecule has 2 fully saturated rings. The zero-order chi connectivity index (χ0) is 21.7. The molecule has 2 aliphatic carbocycles. The van der Waals surface area contributed by atoms with Crippen LogP contribution in [-0.4, -0.2) is 52.2 Å². The number of carboxylic acid groups (broad SMARTS) is 1. The number of nitrogens with two attached hydrogens (primary N) is 1. The fraction of sp³-hybridized carbons (Fsp3) is 0.833. The largest absolute Gasteiger partial charge is 0.480 e. The number of nitrogens with one attached hydrogen (secondary N) is 1. The number of amides is 1. The second kappa shape index (κ2) is 8.44. The summed E-state index contributed by atoms with van der Waals surface area (Å²) in [7, 11) is 0. The molecule has 0 saturated heterocycles. The SMILES string of the molecule is [N-]=[N+]=NC1CC(N)(C(=O)NC2(C(=O)O)CC(N=[N+]=[N-])C(N=[N+]=[N-])C2)CC1N=[N+]=[N-]. The zero-order valence-corrected chi connectivity index (χ0v) is 14.8. The van der Waals surface area contributed by atoms with Crippen molar-refractivity contribution in [2.24, 2.45) is 26.2 Å². The van der Waals surface area contributed by atoms with Gasteiger partial charge in [-0.3, -0.25) is 4.79 Å². The molecule has 2 saturated carbocycles. The molecule has 29 heavy (non-hydrogen) atoms. The average molecular weight is 404 g/mol. The molecule has 17 nitrogen and oxygen atoms in total. The quantitative estimate of drug-likeness (QED) is 0.325. The Morgan fingerprint density at radius 3 is 1.48 bits per heavy atom. The minimum atomic E-state index is -1.88. The standard InChI is InChI=1S/C12H16N14O3/c13-11(1-5(19-23-14)6(2-11)20-24-15)9(27)18-12(10(28)29)3-7(21-25-16)8(4-12)22-26-17/h5-8H,1-4,13H2,(H,18,27)(H,28,29). The fourth-order valence-electron chi connectivity index (χ4n) is 3.77. The lowest BCUT2D eigenvalue weighted by Gasteiger charge is -2.31. The highest BCUT2D eigenvalue weighted by molar-refractivity contribution is 5.93. The summed E-state index contributed by atoms with van der Waals surface area (Å²) in [5.41, 5.74) is 37.2. The van der Waals surface area contributed by atoms with Crippen LogP contribution in [0.15, 0.2) is 20.5 Å². The Hall–Kier alpha value is -3.86. The summed E-state index contributed by atoms with van der Waals surface area (Å²) in [4.78, 5) is 35.4. The molecule has 0 radical (unpaired) electrons. The van der Waals surface area contributed by atoms with Gasteiger partial charge in [0.1, 0.15) is 5.54 Å². The number of carbonyl (C=O) groups is 2. The summed E-state index contributed by atoms with van der Waals surface area (Å²) in [6.07, 6.45) is -0.946. The van der Waals surface area contributed by atoms with Crippen LogP contribution in [0.1, 0.15) is 25.7 Å². The van der Waals surface area contributed by atoms with Crippen molar-refractivity contribution in [3.63, 3.8) is 0 Å². The van der Waals surface area contributed by atoms with Crippen LogP contribution in [0.2, 0.25) is 0 Å². The molecular weight excluding hydrogens is 388 g/mol. The van der Waals surface area contributed by atoms with Gasteiger partial charge in [0.2, 0.25) is 5.91 Å². The molecule has 2 rings (SSSR count). The molecule has 0 aromatic heterocycles. The van der Waals surface area contributed by atoms with Gasteiger partial charge < -0.3 is 16.2 Å². The molecule has 4 unspecified atom stereocenters. The minimum Gasteiger partial charge on any atom is -0.480 e. The Labute approximate surface area is 161 Å². The van der Waals surface area contributed by atoms with Crippen LogP contribution < -0.4 is 11.1 Å². The molecule has 152 valence electrons. The summed E-state index contributed by atoms with van der Waals surface area (Å²) in [6, 6.07) is -3.70. The van der Waals surface area contributed by atoms with Crippen LogP contribution in [0.4, 0.5) is 0 Å². The Kier molecular flexibility index (Phi) is 6.24. The number of nitrogens with zero attached hydrogens (tertiary/aromatic N) is 12. The number of carbonyl (C=O) groups excluding carboxylic acids is 1. The molecular formula is C12H16N14O3. The molecule has 4 N–H and O–H groups in total. The monoisotopic (exact) mass is 404 g/mol. The molecule has 0 bridgehead atoms. The van der Waals surface area contributed by atoms with E-state index >= 15 is 0 Å². The van der Waals surface area contributed by atoms with Crippen LogP contribution in [0, 0.1) is 0 Å². The van der Waals surface area contributed by atoms with Gasteiger partial charge in [-0.25, -0.2) is 4.79 Å². The first-order valence-electron chi connectivity index (χ1n) is 8.27. The summed E-state index contributed by atoms with van der Waals surface area (Å²) in [6.45, 7) is 0. The molecule has 4 atom stereocenters. The molecule has 0 aromatic carbocycles. The van der Waals surface area contributed by atoms with Crippen molar-refractivity contribution in [3.05, 3.63) is 41.8 Å². The zero-order valence-electron chi connectivity index (χ0n) is 14.8. The van der Waals surface area contributed by atoms with E-state index < -0.39 is 47.1 Å². The molecule has 1 amide bonds. The molecule has 2 aliphatic rings. The van der Waals surface area contributed by atoms with E-state index in [1.165, 1.54) is 0 Å². The third kappa shape index (κ3) is 4.19. The lowest BCUT2D eigenvalue weighted by Crippen LogP contribution is -2.62. The number of azide groups is 4. The number of carboxylic acids is 1. The second-order valence-corrected chi connectivity index (χ2v) is 6.90. The predicted molar refractivity (Wildman–Crippen MR) is 95.6 cm³/mol. The summed E-state index contributed by atoms with van der Waals surface area (Å²) < 4.78 is 0. The van der Waals surface area contributed by atoms with Crippen LogP contribution in [0.3, 0.4) is 0 Å². The highest BCUT2D eigenvalue weighted by atomic mass is 16.4. The highest BCUT2D eigenvalue weighted by Crippen LogP contribution is 2.38. The lowest BCUT2D eigenvalue weighted by atomic mass is 9.91. The van der Waals surface area contributed by atoms with E-state index in [0.717, 1.165) is 0 Å². The van der Waals surface area contributed by atoms with Crippen LogP contribution >= 0.6 is 0 Å². The van der Waals surface area contributed by atoms with E-state index in [9.17, 15) is 14.7 Å². The first-order chi connectivity index (χ1) is 13.7. The van der Waals surface area contributed by atoms with Crippen LogP contribution in [0.25, 0.3) is 41.8 Å². The summed E-state index contributed by atoms with van der Waals surface area (Å²) >= 11 is 0. The van der Waals surface area contributed by atoms with Gasteiger partial charge in [0, 0.05) is 43.8 Å². The maximum atomic E-state index is 12.9. The van der Waals surface area contributed by atoms with Crippen molar-refractivity contribution in [2.75, 3.05) is 0 Å². The van der Waals surface area contributed by atoms with Gasteiger partial charge in [-0.1, -0.05) is 20.5 Å². The Morgan fingerprint density at radius 2 is 1.17 bits per heavy atom. The van der Waals surface area contributed by atoms with Gasteiger partial charge in [-0.05, 0) is 47.8 Å².